The third kappa shape index (κ3) is 4.37. The zero-order chi connectivity index (χ0) is 22.8. The number of rotatable bonds is 4. The average Bonchev–Trinajstić information content (AvgIpc) is 3.17. The number of hydrogen-bond acceptors (Lipinski definition) is 6. The van der Waals surface area contributed by atoms with Crippen LogP contribution in [0.4, 0.5) is 4.39 Å². The molecule has 10 heteroatoms. The van der Waals surface area contributed by atoms with Crippen LogP contribution in [0.1, 0.15) is 42.4 Å². The second-order valence-electron chi connectivity index (χ2n) is 8.50. The Bertz CT molecular complexity index is 988. The zero-order valence-corrected chi connectivity index (χ0v) is 18.4. The molecule has 2 aliphatic rings. The lowest BCUT2D eigenvalue weighted by Gasteiger charge is -2.44. The van der Waals surface area contributed by atoms with E-state index in [-0.39, 0.29) is 23.3 Å². The molecule has 32 heavy (non-hydrogen) atoms. The van der Waals surface area contributed by atoms with Crippen LogP contribution in [0.2, 0.25) is 0 Å². The van der Waals surface area contributed by atoms with Crippen LogP contribution in [-0.4, -0.2) is 86.1 Å². The molecule has 172 valence electrons. The van der Waals surface area contributed by atoms with E-state index in [2.05, 4.69) is 20.5 Å². The maximum atomic E-state index is 14.1. The molecule has 0 spiro atoms. The van der Waals surface area contributed by atoms with E-state index in [1.165, 1.54) is 10.7 Å². The third-order valence-corrected chi connectivity index (χ3v) is 6.56. The van der Waals surface area contributed by atoms with Gasteiger partial charge < -0.3 is 15.3 Å². The summed E-state index contributed by atoms with van der Waals surface area (Å²) in [5.74, 6) is -0.822. The van der Waals surface area contributed by atoms with Crippen LogP contribution in [0.25, 0.3) is 5.69 Å². The van der Waals surface area contributed by atoms with Crippen LogP contribution >= 0.6 is 0 Å². The van der Waals surface area contributed by atoms with Gasteiger partial charge in [-0.25, -0.2) is 9.07 Å². The fraction of sp³-hybridized carbons (Fsp3) is 0.545. The normalized spacial score (nSPS) is 24.4. The molecule has 1 aromatic heterocycles. The number of piperazine rings is 1. The summed E-state index contributed by atoms with van der Waals surface area (Å²) < 4.78 is 15.4. The first-order valence-electron chi connectivity index (χ1n) is 11.0. The standard InChI is InChI=1S/C22H29FN6O3/c1-14-20(25-26-29(14)18-8-4-3-6-16(18)23)22(32)24-17-7-5-9-19(21(17)31)28-12-10-27(11-13-28)15(2)30/h3-4,6,8,17,19,21,31H,5,7,9-13H2,1-2H3,(H,24,32)/t17-,19-,21-/m1/s1. The molecular weight excluding hydrogens is 415 g/mol. The lowest BCUT2D eigenvalue weighted by molar-refractivity contribution is -0.131. The molecule has 3 atom stereocenters. The predicted molar refractivity (Wildman–Crippen MR) is 115 cm³/mol. The number of hydrogen-bond donors (Lipinski definition) is 2. The van der Waals surface area contributed by atoms with Gasteiger partial charge in [0.05, 0.1) is 17.8 Å². The van der Waals surface area contributed by atoms with Crippen molar-refractivity contribution in [3.8, 4) is 5.69 Å². The molecule has 0 unspecified atom stereocenters. The number of aliphatic hydroxyl groups excluding tert-OH is 1. The fourth-order valence-electron chi connectivity index (χ4n) is 4.71. The molecule has 1 aliphatic carbocycles. The van der Waals surface area contributed by atoms with E-state index in [1.54, 1.807) is 32.0 Å². The molecule has 0 radical (unpaired) electrons. The number of nitrogens with zero attached hydrogens (tertiary/aromatic N) is 5. The smallest absolute Gasteiger partial charge is 0.274 e. The Morgan fingerprint density at radius 2 is 1.88 bits per heavy atom. The molecule has 2 heterocycles. The summed E-state index contributed by atoms with van der Waals surface area (Å²) in [6, 6.07) is 5.68. The molecule has 4 rings (SSSR count). The maximum absolute atomic E-state index is 14.1. The first kappa shape index (κ1) is 22.3. The van der Waals surface area contributed by atoms with Crippen molar-refractivity contribution in [2.75, 3.05) is 26.2 Å². The van der Waals surface area contributed by atoms with Crippen molar-refractivity contribution in [3.05, 3.63) is 41.5 Å². The van der Waals surface area contributed by atoms with E-state index in [4.69, 9.17) is 0 Å². The number of aromatic nitrogens is 3. The van der Waals surface area contributed by atoms with Crippen LogP contribution in [-0.2, 0) is 4.79 Å². The Morgan fingerprint density at radius 3 is 2.56 bits per heavy atom. The number of nitrogens with one attached hydrogen (secondary N) is 1. The van der Waals surface area contributed by atoms with Crippen LogP contribution in [0.15, 0.2) is 24.3 Å². The highest BCUT2D eigenvalue weighted by molar-refractivity contribution is 5.93. The second-order valence-corrected chi connectivity index (χ2v) is 8.50. The number of carbonyl (C=O) groups excluding carboxylic acids is 2. The van der Waals surface area contributed by atoms with E-state index in [0.717, 1.165) is 12.8 Å². The summed E-state index contributed by atoms with van der Waals surface area (Å²) in [5, 5.41) is 21.8. The Kier molecular flexibility index (Phi) is 6.52. The van der Waals surface area contributed by atoms with Gasteiger partial charge in [-0.15, -0.1) is 5.10 Å². The number of aliphatic hydroxyl groups is 1. The number of benzene rings is 1. The number of carbonyl (C=O) groups is 2. The molecule has 1 saturated heterocycles. The van der Waals surface area contributed by atoms with Crippen molar-refractivity contribution in [2.24, 2.45) is 0 Å². The molecule has 2 aromatic rings. The molecule has 2 fully saturated rings. The van der Waals surface area contributed by atoms with E-state index in [0.29, 0.717) is 38.3 Å². The van der Waals surface area contributed by atoms with Crippen molar-refractivity contribution >= 4 is 11.8 Å². The molecule has 0 bridgehead atoms. The van der Waals surface area contributed by atoms with Crippen LogP contribution in [0.3, 0.4) is 0 Å². The maximum Gasteiger partial charge on any atom is 0.274 e. The van der Waals surface area contributed by atoms with E-state index in [1.807, 2.05) is 4.90 Å². The number of halogens is 1. The van der Waals surface area contributed by atoms with Gasteiger partial charge in [0.25, 0.3) is 5.91 Å². The van der Waals surface area contributed by atoms with Crippen molar-refractivity contribution in [1.82, 2.24) is 30.1 Å². The lowest BCUT2D eigenvalue weighted by Crippen LogP contribution is -2.60. The Labute approximate surface area is 186 Å². The predicted octanol–water partition coefficient (Wildman–Crippen LogP) is 0.891. The fourth-order valence-corrected chi connectivity index (χ4v) is 4.71. The highest BCUT2D eigenvalue weighted by Gasteiger charge is 2.38. The van der Waals surface area contributed by atoms with Crippen molar-refractivity contribution < 1.29 is 19.1 Å². The molecule has 9 nitrogen and oxygen atoms in total. The summed E-state index contributed by atoms with van der Waals surface area (Å²) in [5.41, 5.74) is 0.756. The first-order valence-corrected chi connectivity index (χ1v) is 11.0. The highest BCUT2D eigenvalue weighted by atomic mass is 19.1. The zero-order valence-electron chi connectivity index (χ0n) is 18.4. The highest BCUT2D eigenvalue weighted by Crippen LogP contribution is 2.25. The molecule has 2 N–H and O–H groups in total. The van der Waals surface area contributed by atoms with Gasteiger partial charge in [0.2, 0.25) is 5.91 Å². The SMILES string of the molecule is CC(=O)N1CCN([C@@H]2CCC[C@@H](NC(=O)c3nnn(-c4ccccc4F)c3C)[C@H]2O)CC1. The van der Waals surface area contributed by atoms with Gasteiger partial charge in [-0.1, -0.05) is 17.3 Å². The average molecular weight is 445 g/mol. The molecule has 1 aliphatic heterocycles. The van der Waals surface area contributed by atoms with Gasteiger partial charge in [0, 0.05) is 39.1 Å². The van der Waals surface area contributed by atoms with Crippen molar-refractivity contribution in [1.29, 1.82) is 0 Å². The Hall–Kier alpha value is -2.85. The second kappa shape index (κ2) is 9.33. The van der Waals surface area contributed by atoms with Crippen molar-refractivity contribution in [2.45, 2.75) is 51.3 Å². The minimum absolute atomic E-state index is 0.0674. The van der Waals surface area contributed by atoms with Gasteiger partial charge in [-0.3, -0.25) is 14.5 Å². The number of para-hydroxylation sites is 1. The summed E-state index contributed by atoms with van der Waals surface area (Å²) in [6.45, 7) is 5.94. The van der Waals surface area contributed by atoms with E-state index < -0.39 is 23.9 Å². The topological polar surface area (TPSA) is 104 Å². The number of amides is 2. The first-order chi connectivity index (χ1) is 15.4. The molecular formula is C22H29FN6O3. The van der Waals surface area contributed by atoms with Gasteiger partial charge >= 0.3 is 0 Å². The molecule has 1 aromatic carbocycles. The minimum Gasteiger partial charge on any atom is -0.389 e. The van der Waals surface area contributed by atoms with E-state index in [9.17, 15) is 19.1 Å². The van der Waals surface area contributed by atoms with Gasteiger partial charge in [-0.2, -0.15) is 0 Å². The summed E-state index contributed by atoms with van der Waals surface area (Å²) in [7, 11) is 0. The van der Waals surface area contributed by atoms with Crippen LogP contribution in [0, 0.1) is 12.7 Å². The van der Waals surface area contributed by atoms with Gasteiger partial charge in [-0.05, 0) is 38.3 Å². The summed E-state index contributed by atoms with van der Waals surface area (Å²) in [4.78, 5) is 28.5. The van der Waals surface area contributed by atoms with Gasteiger partial charge in [0.15, 0.2) is 5.69 Å². The molecule has 2 amide bonds. The lowest BCUT2D eigenvalue weighted by atomic mass is 9.86. The van der Waals surface area contributed by atoms with Crippen LogP contribution < -0.4 is 5.32 Å². The third-order valence-electron chi connectivity index (χ3n) is 6.56. The van der Waals surface area contributed by atoms with E-state index >= 15 is 0 Å². The van der Waals surface area contributed by atoms with Gasteiger partial charge in [0.1, 0.15) is 11.5 Å². The largest absolute Gasteiger partial charge is 0.389 e. The minimum atomic E-state index is -0.724. The van der Waals surface area contributed by atoms with Crippen molar-refractivity contribution in [3.63, 3.8) is 0 Å². The summed E-state index contributed by atoms with van der Waals surface area (Å²) in [6.07, 6.45) is 1.66. The quantitative estimate of drug-likeness (QED) is 0.726. The Morgan fingerprint density at radius 1 is 1.16 bits per heavy atom. The Balaban J connectivity index is 1.42. The monoisotopic (exact) mass is 444 g/mol. The summed E-state index contributed by atoms with van der Waals surface area (Å²) >= 11 is 0. The van der Waals surface area contributed by atoms with Crippen LogP contribution in [0.5, 0.6) is 0 Å². The molecule has 1 saturated carbocycles.